The molecule has 3 N–H and O–H groups in total. The number of fused-ring (bicyclic) bond motifs is 1. The van der Waals surface area contributed by atoms with Crippen molar-refractivity contribution in [1.29, 1.82) is 0 Å². The lowest BCUT2D eigenvalue weighted by Gasteiger charge is -2.01. The van der Waals surface area contributed by atoms with Gasteiger partial charge in [0.05, 0.1) is 11.6 Å². The average molecular weight is 228 g/mol. The van der Waals surface area contributed by atoms with Gasteiger partial charge in [-0.3, -0.25) is 0 Å². The van der Waals surface area contributed by atoms with Gasteiger partial charge in [0.1, 0.15) is 17.7 Å². The zero-order valence-electron chi connectivity index (χ0n) is 9.18. The van der Waals surface area contributed by atoms with Gasteiger partial charge >= 0.3 is 0 Å². The lowest BCUT2D eigenvalue weighted by Crippen LogP contribution is -2.02. The van der Waals surface area contributed by atoms with Gasteiger partial charge in [-0.15, -0.1) is 0 Å². The molecule has 3 heterocycles. The van der Waals surface area contributed by atoms with Gasteiger partial charge in [0.25, 0.3) is 0 Å². The fourth-order valence-corrected chi connectivity index (χ4v) is 1.98. The van der Waals surface area contributed by atoms with E-state index in [1.54, 1.807) is 6.26 Å². The van der Waals surface area contributed by atoms with Crippen LogP contribution in [0.15, 0.2) is 35.3 Å². The molecule has 17 heavy (non-hydrogen) atoms. The van der Waals surface area contributed by atoms with E-state index in [9.17, 15) is 0 Å². The number of furan rings is 1. The van der Waals surface area contributed by atoms with Gasteiger partial charge in [-0.05, 0) is 30.7 Å². The summed E-state index contributed by atoms with van der Waals surface area (Å²) in [5.74, 6) is 0.746. The summed E-state index contributed by atoms with van der Waals surface area (Å²) in [4.78, 5) is 11.6. The van der Waals surface area contributed by atoms with Gasteiger partial charge in [0, 0.05) is 6.20 Å². The van der Waals surface area contributed by atoms with Crippen LogP contribution >= 0.6 is 0 Å². The molecular formula is C12H12N4O. The fourth-order valence-electron chi connectivity index (χ4n) is 1.98. The molecule has 5 nitrogen and oxygen atoms in total. The Morgan fingerprint density at radius 1 is 1.35 bits per heavy atom. The summed E-state index contributed by atoms with van der Waals surface area (Å²) in [6.07, 6.45) is 5.89. The standard InChI is InChI=1S/C12H12N4O/c13-4-3-8-6-14-12-10(8)11(15-7-16-12)9-2-1-5-17-9/h1-2,5-7H,3-4,13H2,(H,14,15,16). The summed E-state index contributed by atoms with van der Waals surface area (Å²) < 4.78 is 5.39. The molecule has 3 aromatic rings. The van der Waals surface area contributed by atoms with E-state index in [1.807, 2.05) is 18.3 Å². The fraction of sp³-hybridized carbons (Fsp3) is 0.167. The largest absolute Gasteiger partial charge is 0.463 e. The maximum atomic E-state index is 5.60. The van der Waals surface area contributed by atoms with Gasteiger partial charge in [0.15, 0.2) is 5.76 Å². The van der Waals surface area contributed by atoms with Crippen molar-refractivity contribution >= 4 is 11.0 Å². The first-order valence-corrected chi connectivity index (χ1v) is 5.45. The zero-order chi connectivity index (χ0) is 11.7. The number of hydrogen-bond donors (Lipinski definition) is 2. The van der Waals surface area contributed by atoms with Crippen molar-refractivity contribution in [2.24, 2.45) is 5.73 Å². The minimum Gasteiger partial charge on any atom is -0.463 e. The number of nitrogens with zero attached hydrogens (tertiary/aromatic N) is 2. The summed E-state index contributed by atoms with van der Waals surface area (Å²) in [5.41, 5.74) is 8.35. The van der Waals surface area contributed by atoms with Crippen molar-refractivity contribution in [2.75, 3.05) is 6.54 Å². The van der Waals surface area contributed by atoms with Gasteiger partial charge in [-0.25, -0.2) is 9.97 Å². The highest BCUT2D eigenvalue weighted by Gasteiger charge is 2.13. The average Bonchev–Trinajstić information content (AvgIpc) is 2.98. The summed E-state index contributed by atoms with van der Waals surface area (Å²) in [6.45, 7) is 0.597. The lowest BCUT2D eigenvalue weighted by atomic mass is 10.1. The van der Waals surface area contributed by atoms with E-state index in [1.165, 1.54) is 6.33 Å². The first kappa shape index (κ1) is 10.0. The number of nitrogens with one attached hydrogen (secondary N) is 1. The van der Waals surface area contributed by atoms with E-state index in [-0.39, 0.29) is 0 Å². The molecule has 0 aliphatic heterocycles. The second-order valence-electron chi connectivity index (χ2n) is 3.78. The van der Waals surface area contributed by atoms with E-state index in [2.05, 4.69) is 15.0 Å². The van der Waals surface area contributed by atoms with Crippen LogP contribution in [0.2, 0.25) is 0 Å². The van der Waals surface area contributed by atoms with Crippen molar-refractivity contribution in [3.63, 3.8) is 0 Å². The van der Waals surface area contributed by atoms with Crippen LogP contribution in [-0.2, 0) is 6.42 Å². The maximum absolute atomic E-state index is 5.60. The van der Waals surface area contributed by atoms with Gasteiger partial charge in [0.2, 0.25) is 0 Å². The molecule has 0 fully saturated rings. The van der Waals surface area contributed by atoms with Crippen LogP contribution in [0.4, 0.5) is 0 Å². The monoisotopic (exact) mass is 228 g/mol. The molecule has 0 radical (unpaired) electrons. The predicted octanol–water partition coefficient (Wildman–Crippen LogP) is 1.72. The number of aromatic amines is 1. The maximum Gasteiger partial charge on any atom is 0.153 e. The van der Waals surface area contributed by atoms with Crippen LogP contribution in [0.3, 0.4) is 0 Å². The van der Waals surface area contributed by atoms with E-state index in [4.69, 9.17) is 10.2 Å². The quantitative estimate of drug-likeness (QED) is 0.715. The van der Waals surface area contributed by atoms with Gasteiger partial charge in [-0.2, -0.15) is 0 Å². The Morgan fingerprint density at radius 2 is 2.29 bits per heavy atom. The van der Waals surface area contributed by atoms with Crippen LogP contribution in [-0.4, -0.2) is 21.5 Å². The molecule has 5 heteroatoms. The Kier molecular flexibility index (Phi) is 2.38. The third kappa shape index (κ3) is 1.60. The van der Waals surface area contributed by atoms with Crippen LogP contribution in [0.5, 0.6) is 0 Å². The summed E-state index contributed by atoms with van der Waals surface area (Å²) in [6, 6.07) is 3.74. The second-order valence-corrected chi connectivity index (χ2v) is 3.78. The van der Waals surface area contributed by atoms with Gasteiger partial charge < -0.3 is 15.1 Å². The predicted molar refractivity (Wildman–Crippen MR) is 64.3 cm³/mol. The number of rotatable bonds is 3. The number of nitrogens with two attached hydrogens (primary N) is 1. The Morgan fingerprint density at radius 3 is 3.06 bits per heavy atom. The molecule has 0 bridgehead atoms. The topological polar surface area (TPSA) is 80.7 Å². The molecule has 0 aliphatic carbocycles. The van der Waals surface area contributed by atoms with E-state index < -0.39 is 0 Å². The highest BCUT2D eigenvalue weighted by atomic mass is 16.3. The summed E-state index contributed by atoms with van der Waals surface area (Å²) in [5, 5.41) is 0.993. The number of hydrogen-bond acceptors (Lipinski definition) is 4. The van der Waals surface area contributed by atoms with E-state index in [0.29, 0.717) is 6.54 Å². The molecule has 0 saturated heterocycles. The lowest BCUT2D eigenvalue weighted by molar-refractivity contribution is 0.580. The molecule has 0 aromatic carbocycles. The smallest absolute Gasteiger partial charge is 0.153 e. The summed E-state index contributed by atoms with van der Waals surface area (Å²) >= 11 is 0. The molecule has 0 amide bonds. The first-order chi connectivity index (χ1) is 8.40. The van der Waals surface area contributed by atoms with Crippen molar-refractivity contribution < 1.29 is 4.42 Å². The van der Waals surface area contributed by atoms with Crippen molar-refractivity contribution in [2.45, 2.75) is 6.42 Å². The molecule has 0 aliphatic rings. The molecule has 0 saturated carbocycles. The number of aromatic nitrogens is 3. The van der Waals surface area contributed by atoms with E-state index in [0.717, 1.165) is 34.5 Å². The molecular weight excluding hydrogens is 216 g/mol. The molecule has 3 aromatic heterocycles. The molecule has 86 valence electrons. The highest BCUT2D eigenvalue weighted by Crippen LogP contribution is 2.28. The van der Waals surface area contributed by atoms with Crippen LogP contribution in [0.25, 0.3) is 22.5 Å². The highest BCUT2D eigenvalue weighted by molar-refractivity contribution is 5.92. The molecule has 0 unspecified atom stereocenters. The van der Waals surface area contributed by atoms with Crippen molar-refractivity contribution in [3.05, 3.63) is 36.5 Å². The SMILES string of the molecule is NCCc1c[nH]c2ncnc(-c3ccco3)c12. The molecule has 0 spiro atoms. The Bertz CT molecular complexity index is 627. The normalized spacial score (nSPS) is 11.1. The van der Waals surface area contributed by atoms with Gasteiger partial charge in [-0.1, -0.05) is 0 Å². The second kappa shape index (κ2) is 4.03. The molecule has 0 atom stereocenters. The molecule has 3 rings (SSSR count). The third-order valence-corrected chi connectivity index (χ3v) is 2.72. The van der Waals surface area contributed by atoms with Crippen molar-refractivity contribution in [1.82, 2.24) is 15.0 Å². The minimum atomic E-state index is 0.597. The van der Waals surface area contributed by atoms with Crippen molar-refractivity contribution in [3.8, 4) is 11.5 Å². The Labute approximate surface area is 97.7 Å². The first-order valence-electron chi connectivity index (χ1n) is 5.45. The Hall–Kier alpha value is -2.14. The third-order valence-electron chi connectivity index (χ3n) is 2.72. The van der Waals surface area contributed by atoms with Crippen LogP contribution in [0.1, 0.15) is 5.56 Å². The summed E-state index contributed by atoms with van der Waals surface area (Å²) in [7, 11) is 0. The zero-order valence-corrected chi connectivity index (χ0v) is 9.18. The minimum absolute atomic E-state index is 0.597. The number of H-pyrrole nitrogens is 1. The van der Waals surface area contributed by atoms with E-state index >= 15 is 0 Å². The van der Waals surface area contributed by atoms with Crippen LogP contribution in [0, 0.1) is 0 Å². The Balaban J connectivity index is 2.26. The van der Waals surface area contributed by atoms with Crippen LogP contribution < -0.4 is 5.73 Å².